The molecular formula is C23H35IN4O3. The van der Waals surface area contributed by atoms with Crippen LogP contribution in [0.5, 0.6) is 0 Å². The lowest BCUT2D eigenvalue weighted by atomic mass is 10.0. The normalized spacial score (nSPS) is 14.8. The molecular weight excluding hydrogens is 507 g/mol. The summed E-state index contributed by atoms with van der Waals surface area (Å²) in [5.41, 5.74) is 3.14. The van der Waals surface area contributed by atoms with E-state index < -0.39 is 0 Å². The molecule has 0 saturated carbocycles. The summed E-state index contributed by atoms with van der Waals surface area (Å²) in [6, 6.07) is 8.18. The van der Waals surface area contributed by atoms with E-state index in [1.807, 2.05) is 12.1 Å². The number of hydrogen-bond donors (Lipinski definition) is 2. The van der Waals surface area contributed by atoms with Gasteiger partial charge in [-0.3, -0.25) is 4.99 Å². The molecule has 8 heteroatoms. The van der Waals surface area contributed by atoms with Crippen LogP contribution < -0.4 is 10.6 Å². The van der Waals surface area contributed by atoms with Crippen LogP contribution in [-0.4, -0.2) is 57.5 Å². The molecule has 3 rings (SSSR count). The minimum atomic E-state index is 0. The maximum Gasteiger partial charge on any atom is 0.226 e. The van der Waals surface area contributed by atoms with Crippen LogP contribution in [0.2, 0.25) is 0 Å². The van der Waals surface area contributed by atoms with Gasteiger partial charge in [-0.05, 0) is 44.2 Å². The van der Waals surface area contributed by atoms with Gasteiger partial charge in [-0.25, -0.2) is 4.98 Å². The quantitative estimate of drug-likeness (QED) is 0.206. The van der Waals surface area contributed by atoms with Gasteiger partial charge in [0.05, 0.1) is 5.69 Å². The molecule has 1 aliphatic rings. The van der Waals surface area contributed by atoms with E-state index >= 15 is 0 Å². The highest BCUT2D eigenvalue weighted by atomic mass is 127. The Morgan fingerprint density at radius 3 is 2.65 bits per heavy atom. The van der Waals surface area contributed by atoms with Crippen molar-refractivity contribution in [3.05, 3.63) is 41.8 Å². The summed E-state index contributed by atoms with van der Waals surface area (Å²) in [6.07, 6.45) is 5.68. The van der Waals surface area contributed by atoms with Gasteiger partial charge in [-0.1, -0.05) is 17.7 Å². The van der Waals surface area contributed by atoms with Crippen molar-refractivity contribution in [2.24, 2.45) is 10.9 Å². The van der Waals surface area contributed by atoms with Crippen LogP contribution in [0.1, 0.15) is 30.5 Å². The van der Waals surface area contributed by atoms with Crippen molar-refractivity contribution in [2.75, 3.05) is 46.6 Å². The van der Waals surface area contributed by atoms with Crippen molar-refractivity contribution < 1.29 is 13.9 Å². The standard InChI is InChI=1S/C23H34N4O3.HI/c1-18-4-6-20(7-5-18)22-27-21(17-30-22)8-12-26-23(24-2)25-11-3-13-29-16-19-9-14-28-15-10-19;/h4-7,17,19H,3,8-16H2,1-2H3,(H2,24,25,26);1H. The Hall–Kier alpha value is -1.65. The summed E-state index contributed by atoms with van der Waals surface area (Å²) in [5, 5.41) is 6.65. The third-order valence-corrected chi connectivity index (χ3v) is 5.20. The zero-order valence-electron chi connectivity index (χ0n) is 18.6. The van der Waals surface area contributed by atoms with E-state index in [0.29, 0.717) is 11.8 Å². The Balaban J connectivity index is 0.00000341. The van der Waals surface area contributed by atoms with Crippen LogP contribution in [0.25, 0.3) is 11.5 Å². The van der Waals surface area contributed by atoms with Crippen LogP contribution >= 0.6 is 24.0 Å². The lowest BCUT2D eigenvalue weighted by Gasteiger charge is -2.21. The first kappa shape index (κ1) is 25.6. The predicted molar refractivity (Wildman–Crippen MR) is 134 cm³/mol. The minimum absolute atomic E-state index is 0. The molecule has 7 nitrogen and oxygen atoms in total. The van der Waals surface area contributed by atoms with E-state index in [-0.39, 0.29) is 24.0 Å². The van der Waals surface area contributed by atoms with Gasteiger partial charge < -0.3 is 24.5 Å². The van der Waals surface area contributed by atoms with Gasteiger partial charge >= 0.3 is 0 Å². The third kappa shape index (κ3) is 9.16. The number of rotatable bonds is 10. The molecule has 1 aromatic carbocycles. The number of halogens is 1. The lowest BCUT2D eigenvalue weighted by Crippen LogP contribution is -2.39. The highest BCUT2D eigenvalue weighted by molar-refractivity contribution is 14.0. The SMILES string of the molecule is CN=C(NCCCOCC1CCOCC1)NCCc1coc(-c2ccc(C)cc2)n1.I. The van der Waals surface area contributed by atoms with Gasteiger partial charge in [0, 0.05) is 58.5 Å². The fourth-order valence-electron chi connectivity index (χ4n) is 3.32. The molecule has 0 unspecified atom stereocenters. The maximum absolute atomic E-state index is 5.80. The topological polar surface area (TPSA) is 80.9 Å². The molecule has 0 radical (unpaired) electrons. The second-order valence-corrected chi connectivity index (χ2v) is 7.67. The van der Waals surface area contributed by atoms with E-state index in [4.69, 9.17) is 13.9 Å². The largest absolute Gasteiger partial charge is 0.444 e. The molecule has 2 N–H and O–H groups in total. The van der Waals surface area contributed by atoms with Gasteiger partial charge in [0.25, 0.3) is 0 Å². The van der Waals surface area contributed by atoms with E-state index in [2.05, 4.69) is 39.7 Å². The fourth-order valence-corrected chi connectivity index (χ4v) is 3.32. The first-order chi connectivity index (χ1) is 14.7. The van der Waals surface area contributed by atoms with Crippen molar-refractivity contribution >= 4 is 29.9 Å². The smallest absolute Gasteiger partial charge is 0.226 e. The van der Waals surface area contributed by atoms with Gasteiger partial charge in [-0.15, -0.1) is 24.0 Å². The molecule has 0 spiro atoms. The van der Waals surface area contributed by atoms with Gasteiger partial charge in [0.1, 0.15) is 6.26 Å². The monoisotopic (exact) mass is 542 g/mol. The van der Waals surface area contributed by atoms with E-state index in [1.165, 1.54) is 5.56 Å². The molecule has 0 amide bonds. The molecule has 2 heterocycles. The number of nitrogens with one attached hydrogen (secondary N) is 2. The molecule has 0 aliphatic carbocycles. The Bertz CT molecular complexity index is 773. The molecule has 0 bridgehead atoms. The van der Waals surface area contributed by atoms with Crippen molar-refractivity contribution in [3.63, 3.8) is 0 Å². The second kappa shape index (κ2) is 14.4. The Morgan fingerprint density at radius 2 is 1.90 bits per heavy atom. The Labute approximate surface area is 202 Å². The Morgan fingerprint density at radius 1 is 1.16 bits per heavy atom. The minimum Gasteiger partial charge on any atom is -0.444 e. The molecule has 0 atom stereocenters. The van der Waals surface area contributed by atoms with Crippen molar-refractivity contribution in [1.82, 2.24) is 15.6 Å². The van der Waals surface area contributed by atoms with Crippen molar-refractivity contribution in [3.8, 4) is 11.5 Å². The van der Waals surface area contributed by atoms with Crippen LogP contribution in [0, 0.1) is 12.8 Å². The average molecular weight is 542 g/mol. The van der Waals surface area contributed by atoms with Crippen LogP contribution in [0.15, 0.2) is 39.9 Å². The number of hydrogen-bond acceptors (Lipinski definition) is 5. The maximum atomic E-state index is 5.80. The van der Waals surface area contributed by atoms with Gasteiger partial charge in [-0.2, -0.15) is 0 Å². The van der Waals surface area contributed by atoms with Crippen LogP contribution in [0.4, 0.5) is 0 Å². The number of ether oxygens (including phenoxy) is 2. The number of guanidine groups is 1. The third-order valence-electron chi connectivity index (χ3n) is 5.20. The summed E-state index contributed by atoms with van der Waals surface area (Å²) in [6.45, 7) is 6.99. The highest BCUT2D eigenvalue weighted by Crippen LogP contribution is 2.19. The lowest BCUT2D eigenvalue weighted by molar-refractivity contribution is 0.0203. The van der Waals surface area contributed by atoms with Crippen LogP contribution in [-0.2, 0) is 15.9 Å². The number of aromatic nitrogens is 1. The zero-order chi connectivity index (χ0) is 21.0. The predicted octanol–water partition coefficient (Wildman–Crippen LogP) is 3.81. The van der Waals surface area contributed by atoms with Crippen molar-refractivity contribution in [1.29, 1.82) is 0 Å². The van der Waals surface area contributed by atoms with Gasteiger partial charge in [0.15, 0.2) is 5.96 Å². The number of nitrogens with zero attached hydrogens (tertiary/aromatic N) is 2. The van der Waals surface area contributed by atoms with Gasteiger partial charge in [0.2, 0.25) is 5.89 Å². The number of oxazole rings is 1. The van der Waals surface area contributed by atoms with Crippen molar-refractivity contribution in [2.45, 2.75) is 32.6 Å². The molecule has 172 valence electrons. The summed E-state index contributed by atoms with van der Waals surface area (Å²) >= 11 is 0. The summed E-state index contributed by atoms with van der Waals surface area (Å²) < 4.78 is 16.8. The molecule has 31 heavy (non-hydrogen) atoms. The highest BCUT2D eigenvalue weighted by Gasteiger charge is 2.13. The molecule has 1 saturated heterocycles. The fraction of sp³-hybridized carbons (Fsp3) is 0.565. The molecule has 2 aromatic rings. The first-order valence-electron chi connectivity index (χ1n) is 10.9. The molecule has 1 fully saturated rings. The van der Waals surface area contributed by atoms with Crippen LogP contribution in [0.3, 0.4) is 0 Å². The van der Waals surface area contributed by atoms with E-state index in [9.17, 15) is 0 Å². The first-order valence-corrected chi connectivity index (χ1v) is 10.9. The second-order valence-electron chi connectivity index (χ2n) is 7.67. The average Bonchev–Trinajstić information content (AvgIpc) is 3.25. The summed E-state index contributed by atoms with van der Waals surface area (Å²) in [5.74, 6) is 2.11. The van der Waals surface area contributed by atoms with E-state index in [0.717, 1.165) is 82.4 Å². The Kier molecular flexibility index (Phi) is 11.9. The molecule has 1 aromatic heterocycles. The number of aryl methyl sites for hydroxylation is 1. The van der Waals surface area contributed by atoms with E-state index in [1.54, 1.807) is 13.3 Å². The zero-order valence-corrected chi connectivity index (χ0v) is 20.9. The summed E-state index contributed by atoms with van der Waals surface area (Å²) in [7, 11) is 1.78. The number of aliphatic imine (C=N–C) groups is 1. The summed E-state index contributed by atoms with van der Waals surface area (Å²) in [4.78, 5) is 8.84. The number of benzene rings is 1. The molecule has 1 aliphatic heterocycles.